The van der Waals surface area contributed by atoms with Crippen LogP contribution < -0.4 is 5.32 Å². The van der Waals surface area contributed by atoms with E-state index in [1.165, 1.54) is 37.0 Å². The zero-order valence-electron chi connectivity index (χ0n) is 23.1. The maximum Gasteiger partial charge on any atom is 0.116 e. The molecule has 1 aliphatic rings. The second-order valence-corrected chi connectivity index (χ2v) is 12.1. The molecule has 7 heteroatoms. The maximum atomic E-state index is 4.73. The summed E-state index contributed by atoms with van der Waals surface area (Å²) in [6.45, 7) is 10.5. The van der Waals surface area contributed by atoms with Gasteiger partial charge in [-0.2, -0.15) is 5.10 Å². The Morgan fingerprint density at radius 1 is 0.902 bits per heavy atom. The van der Waals surface area contributed by atoms with Crippen molar-refractivity contribution in [3.63, 3.8) is 0 Å². The van der Waals surface area contributed by atoms with Crippen molar-refractivity contribution < 1.29 is 0 Å². The summed E-state index contributed by atoms with van der Waals surface area (Å²) in [5.41, 5.74) is 10.1. The third-order valence-corrected chi connectivity index (χ3v) is 9.35. The Morgan fingerprint density at radius 2 is 1.76 bits per heavy atom. The van der Waals surface area contributed by atoms with E-state index in [4.69, 9.17) is 10.1 Å². The van der Waals surface area contributed by atoms with E-state index >= 15 is 0 Å². The van der Waals surface area contributed by atoms with Crippen LogP contribution >= 0.6 is 11.3 Å². The number of nitrogens with zero attached hydrogens (tertiary/aromatic N) is 3. The lowest BCUT2D eigenvalue weighted by Gasteiger charge is -2.24. The summed E-state index contributed by atoms with van der Waals surface area (Å²) in [6.07, 6.45) is 12.0. The third-order valence-electron chi connectivity index (χ3n) is 8.10. The van der Waals surface area contributed by atoms with Crippen molar-refractivity contribution in [1.29, 1.82) is 0 Å². The normalized spacial score (nSPS) is 14.1. The summed E-state index contributed by atoms with van der Waals surface area (Å²) in [5, 5.41) is 13.6. The van der Waals surface area contributed by atoms with Crippen LogP contribution in [0.4, 0.5) is 5.69 Å². The predicted molar refractivity (Wildman–Crippen MR) is 172 cm³/mol. The molecular formula is C34H32N6S. The summed E-state index contributed by atoms with van der Waals surface area (Å²) in [7, 11) is 0. The molecule has 0 atom stereocenters. The third kappa shape index (κ3) is 4.87. The van der Waals surface area contributed by atoms with Gasteiger partial charge in [0.05, 0.1) is 33.7 Å². The molecule has 0 spiro atoms. The molecule has 0 amide bonds. The lowest BCUT2D eigenvalue weighted by Crippen LogP contribution is -2.14. The topological polar surface area (TPSA) is 82.3 Å². The molecule has 5 aromatic heterocycles. The van der Waals surface area contributed by atoms with E-state index in [1.54, 1.807) is 11.3 Å². The molecule has 204 valence electrons. The van der Waals surface area contributed by atoms with Crippen LogP contribution in [0.2, 0.25) is 0 Å². The minimum absolute atomic E-state index is 0.539. The summed E-state index contributed by atoms with van der Waals surface area (Å²) < 4.78 is 0. The largest absolute Gasteiger partial charge is 0.358 e. The molecule has 1 saturated carbocycles. The van der Waals surface area contributed by atoms with Crippen LogP contribution in [0.3, 0.4) is 0 Å². The van der Waals surface area contributed by atoms with Gasteiger partial charge in [-0.3, -0.25) is 15.1 Å². The monoisotopic (exact) mass is 556 g/mol. The van der Waals surface area contributed by atoms with Gasteiger partial charge >= 0.3 is 0 Å². The van der Waals surface area contributed by atoms with Crippen molar-refractivity contribution in [2.24, 2.45) is 5.92 Å². The Labute approximate surface area is 243 Å². The molecule has 3 N–H and O–H groups in total. The van der Waals surface area contributed by atoms with Gasteiger partial charge in [0.1, 0.15) is 5.69 Å². The molecule has 7 rings (SSSR count). The van der Waals surface area contributed by atoms with E-state index < -0.39 is 0 Å². The van der Waals surface area contributed by atoms with Crippen molar-refractivity contribution in [2.75, 3.05) is 5.32 Å². The smallest absolute Gasteiger partial charge is 0.116 e. The number of allylic oxidation sites excluding steroid dienone is 2. The van der Waals surface area contributed by atoms with E-state index in [1.807, 2.05) is 31.6 Å². The summed E-state index contributed by atoms with van der Waals surface area (Å²) in [5.74, 6) is 0.539. The van der Waals surface area contributed by atoms with Crippen molar-refractivity contribution in [3.8, 4) is 33.1 Å². The number of fused-ring (bicyclic) bond motifs is 2. The molecule has 5 heterocycles. The molecule has 6 nitrogen and oxygen atoms in total. The van der Waals surface area contributed by atoms with Gasteiger partial charge in [-0.25, -0.2) is 0 Å². The van der Waals surface area contributed by atoms with E-state index in [0.717, 1.165) is 71.8 Å². The number of aromatic nitrogens is 5. The van der Waals surface area contributed by atoms with Gasteiger partial charge in [0.2, 0.25) is 0 Å². The number of rotatable bonds is 7. The number of hydrogen-bond donors (Lipinski definition) is 3. The first-order valence-electron chi connectivity index (χ1n) is 14.2. The highest BCUT2D eigenvalue weighted by Gasteiger charge is 2.18. The Hall–Kier alpha value is -4.49. The molecule has 0 unspecified atom stereocenters. The second-order valence-electron chi connectivity index (χ2n) is 11.0. The molecular weight excluding hydrogens is 524 g/mol. The summed E-state index contributed by atoms with van der Waals surface area (Å²) in [4.78, 5) is 15.2. The van der Waals surface area contributed by atoms with Gasteiger partial charge < -0.3 is 10.3 Å². The van der Waals surface area contributed by atoms with Crippen molar-refractivity contribution in [3.05, 3.63) is 90.9 Å². The lowest BCUT2D eigenvalue weighted by molar-refractivity contribution is 0.405. The highest BCUT2D eigenvalue weighted by Crippen LogP contribution is 2.38. The minimum atomic E-state index is 0.539. The number of H-pyrrole nitrogens is 2. The quantitative estimate of drug-likeness (QED) is 0.183. The van der Waals surface area contributed by atoms with Crippen LogP contribution in [0.5, 0.6) is 0 Å². The van der Waals surface area contributed by atoms with E-state index in [9.17, 15) is 0 Å². The maximum absolute atomic E-state index is 4.73. The van der Waals surface area contributed by atoms with Crippen LogP contribution in [0.1, 0.15) is 43.9 Å². The van der Waals surface area contributed by atoms with E-state index in [0.29, 0.717) is 5.92 Å². The number of aromatic amines is 2. The minimum Gasteiger partial charge on any atom is -0.358 e. The zero-order valence-corrected chi connectivity index (χ0v) is 23.9. The van der Waals surface area contributed by atoms with Crippen molar-refractivity contribution >= 4 is 44.4 Å². The summed E-state index contributed by atoms with van der Waals surface area (Å²) >= 11 is 1.72. The fourth-order valence-corrected chi connectivity index (χ4v) is 6.82. The van der Waals surface area contributed by atoms with Gasteiger partial charge in [0.25, 0.3) is 0 Å². The molecule has 0 saturated heterocycles. The second kappa shape index (κ2) is 10.5. The highest BCUT2D eigenvalue weighted by atomic mass is 32.1. The molecule has 0 radical (unpaired) electrons. The van der Waals surface area contributed by atoms with Crippen molar-refractivity contribution in [1.82, 2.24) is 25.1 Å². The molecule has 0 bridgehead atoms. The average molecular weight is 557 g/mol. The van der Waals surface area contributed by atoms with Crippen LogP contribution in [0, 0.1) is 5.92 Å². The number of hydrogen-bond acceptors (Lipinski definition) is 5. The number of nitrogens with one attached hydrogen (secondary N) is 3. The van der Waals surface area contributed by atoms with Crippen LogP contribution in [-0.2, 0) is 0 Å². The van der Waals surface area contributed by atoms with E-state index in [2.05, 4.69) is 76.0 Å². The number of pyridine rings is 2. The first kappa shape index (κ1) is 25.5. The number of thiophene rings is 1. The Balaban J connectivity index is 1.22. The zero-order chi connectivity index (χ0) is 27.9. The summed E-state index contributed by atoms with van der Waals surface area (Å²) in [6, 6.07) is 17.0. The van der Waals surface area contributed by atoms with Crippen molar-refractivity contribution in [2.45, 2.75) is 39.0 Å². The molecule has 1 fully saturated rings. The van der Waals surface area contributed by atoms with Crippen LogP contribution in [0.15, 0.2) is 86.0 Å². The van der Waals surface area contributed by atoms with Gasteiger partial charge in [0.15, 0.2) is 0 Å². The molecule has 6 aromatic rings. The number of anilines is 1. The molecule has 1 aliphatic carbocycles. The Bertz CT molecular complexity index is 1920. The molecule has 41 heavy (non-hydrogen) atoms. The number of benzene rings is 1. The first-order valence-corrected chi connectivity index (χ1v) is 15.0. The van der Waals surface area contributed by atoms with Gasteiger partial charge in [0, 0.05) is 44.8 Å². The fourth-order valence-electron chi connectivity index (χ4n) is 5.88. The van der Waals surface area contributed by atoms with Gasteiger partial charge in [-0.05, 0) is 79.3 Å². The first-order chi connectivity index (χ1) is 20.0. The lowest BCUT2D eigenvalue weighted by atomic mass is 9.87. The standard InChI is InChI=1S/C34H32N6S/c1-20(2)31-11-12-32(41-31)34-27-17-30(38-28(27)13-14-36-34)33-26-16-23(9-10-29(26)39-40-33)24-15-25(19-35-18-24)37-21(3)22-7-5-4-6-8-22/h9-19,22,37-38H,1,3-8H2,2H3,(H,39,40). The highest BCUT2D eigenvalue weighted by molar-refractivity contribution is 7.16. The van der Waals surface area contributed by atoms with Gasteiger partial charge in [-0.1, -0.05) is 38.5 Å². The Morgan fingerprint density at radius 3 is 2.59 bits per heavy atom. The van der Waals surface area contributed by atoms with Gasteiger partial charge in [-0.15, -0.1) is 11.3 Å². The fraction of sp³-hybridized carbons (Fsp3) is 0.206. The predicted octanol–water partition coefficient (Wildman–Crippen LogP) is 9.44. The Kier molecular flexibility index (Phi) is 6.51. The molecule has 0 aliphatic heterocycles. The van der Waals surface area contributed by atoms with Crippen LogP contribution in [-0.4, -0.2) is 25.1 Å². The van der Waals surface area contributed by atoms with E-state index in [-0.39, 0.29) is 0 Å². The van der Waals surface area contributed by atoms with Crippen LogP contribution in [0.25, 0.3) is 60.5 Å². The average Bonchev–Trinajstić information content (AvgIpc) is 3.75. The SMILES string of the molecule is C=C(C)c1ccc(-c2nccc3[nH]c(-c4n[nH]c5ccc(-c6cncc(NC(=C)C7CCCCC7)c6)cc45)cc23)s1. The molecule has 1 aromatic carbocycles.